The van der Waals surface area contributed by atoms with Crippen molar-refractivity contribution in [3.05, 3.63) is 29.3 Å². The summed E-state index contributed by atoms with van der Waals surface area (Å²) in [7, 11) is 1.73. The van der Waals surface area contributed by atoms with E-state index >= 15 is 0 Å². The Morgan fingerprint density at radius 3 is 2.35 bits per heavy atom. The molecule has 0 aromatic heterocycles. The fraction of sp³-hybridized carbons (Fsp3) is 0.647. The minimum Gasteiger partial charge on any atom is -0.497 e. The van der Waals surface area contributed by atoms with Gasteiger partial charge in [-0.1, -0.05) is 26.8 Å². The normalized spacial score (nSPS) is 18.9. The molecule has 1 fully saturated rings. The first-order valence-corrected chi connectivity index (χ1v) is 7.53. The lowest BCUT2D eigenvalue weighted by molar-refractivity contribution is 0.0857. The maximum atomic E-state index is 5.34. The number of hydrogen-bond donors (Lipinski definition) is 1. The van der Waals surface area contributed by atoms with Gasteiger partial charge in [-0.3, -0.25) is 4.90 Å². The summed E-state index contributed by atoms with van der Waals surface area (Å²) in [6, 6.07) is 6.93. The van der Waals surface area contributed by atoms with Crippen LogP contribution >= 0.6 is 0 Å². The van der Waals surface area contributed by atoms with Crippen LogP contribution in [0, 0.1) is 12.3 Å². The van der Waals surface area contributed by atoms with Crippen LogP contribution in [0.2, 0.25) is 0 Å². The van der Waals surface area contributed by atoms with Crippen LogP contribution in [-0.4, -0.2) is 38.2 Å². The number of methoxy groups -OCH3 is 1. The molecule has 1 heterocycles. The number of rotatable bonds is 3. The lowest BCUT2D eigenvalue weighted by atomic mass is 9.79. The highest BCUT2D eigenvalue weighted by molar-refractivity contribution is 5.37. The van der Waals surface area contributed by atoms with Crippen molar-refractivity contribution in [1.82, 2.24) is 10.2 Å². The summed E-state index contributed by atoms with van der Waals surface area (Å²) in [4.78, 5) is 2.62. The molecule has 112 valence electrons. The molecule has 0 aliphatic carbocycles. The van der Waals surface area contributed by atoms with Crippen molar-refractivity contribution in [3.8, 4) is 5.75 Å². The zero-order valence-electron chi connectivity index (χ0n) is 13.5. The summed E-state index contributed by atoms with van der Waals surface area (Å²) in [6.07, 6.45) is 0. The smallest absolute Gasteiger partial charge is 0.119 e. The topological polar surface area (TPSA) is 24.5 Å². The average Bonchev–Trinajstić information content (AvgIpc) is 2.40. The highest BCUT2D eigenvalue weighted by Crippen LogP contribution is 2.40. The molecule has 2 rings (SSSR count). The maximum absolute atomic E-state index is 5.34. The van der Waals surface area contributed by atoms with Crippen LogP contribution in [0.4, 0.5) is 0 Å². The molecule has 0 bridgehead atoms. The highest BCUT2D eigenvalue weighted by Gasteiger charge is 2.33. The number of nitrogens with one attached hydrogen (secondary N) is 1. The Morgan fingerprint density at radius 1 is 1.20 bits per heavy atom. The second-order valence-corrected chi connectivity index (χ2v) is 6.78. The molecule has 1 saturated heterocycles. The minimum absolute atomic E-state index is 0.219. The van der Waals surface area contributed by atoms with Crippen LogP contribution in [0.3, 0.4) is 0 Å². The van der Waals surface area contributed by atoms with Gasteiger partial charge >= 0.3 is 0 Å². The molecule has 1 atom stereocenters. The van der Waals surface area contributed by atoms with Crippen LogP contribution in [0.15, 0.2) is 18.2 Å². The van der Waals surface area contributed by atoms with E-state index in [1.807, 2.05) is 0 Å². The van der Waals surface area contributed by atoms with Crippen molar-refractivity contribution in [2.75, 3.05) is 33.3 Å². The second-order valence-electron chi connectivity index (χ2n) is 6.78. The molecule has 1 aromatic rings. The van der Waals surface area contributed by atoms with E-state index < -0.39 is 0 Å². The van der Waals surface area contributed by atoms with E-state index in [2.05, 4.69) is 56.1 Å². The van der Waals surface area contributed by atoms with Crippen LogP contribution in [-0.2, 0) is 0 Å². The lowest BCUT2D eigenvalue weighted by Crippen LogP contribution is -2.48. The molecule has 1 aliphatic heterocycles. The first-order chi connectivity index (χ1) is 9.43. The van der Waals surface area contributed by atoms with E-state index in [1.165, 1.54) is 11.1 Å². The molecular weight excluding hydrogens is 248 g/mol. The van der Waals surface area contributed by atoms with E-state index in [0.29, 0.717) is 6.04 Å². The highest BCUT2D eigenvalue weighted by atomic mass is 16.5. The van der Waals surface area contributed by atoms with Crippen molar-refractivity contribution >= 4 is 0 Å². The summed E-state index contributed by atoms with van der Waals surface area (Å²) < 4.78 is 5.34. The quantitative estimate of drug-likeness (QED) is 0.918. The Morgan fingerprint density at radius 2 is 1.85 bits per heavy atom. The first kappa shape index (κ1) is 15.3. The third kappa shape index (κ3) is 3.33. The zero-order valence-corrected chi connectivity index (χ0v) is 13.5. The zero-order chi connectivity index (χ0) is 14.8. The van der Waals surface area contributed by atoms with Crippen molar-refractivity contribution in [1.29, 1.82) is 0 Å². The summed E-state index contributed by atoms with van der Waals surface area (Å²) in [5.74, 6) is 0.944. The summed E-state index contributed by atoms with van der Waals surface area (Å²) >= 11 is 0. The Labute approximate surface area is 123 Å². The van der Waals surface area contributed by atoms with Crippen molar-refractivity contribution < 1.29 is 4.74 Å². The van der Waals surface area contributed by atoms with Crippen LogP contribution < -0.4 is 10.1 Å². The van der Waals surface area contributed by atoms with E-state index in [4.69, 9.17) is 4.74 Å². The molecule has 0 saturated carbocycles. The van der Waals surface area contributed by atoms with Gasteiger partial charge in [0, 0.05) is 32.2 Å². The predicted octanol–water partition coefficient (Wildman–Crippen LogP) is 3.00. The van der Waals surface area contributed by atoms with Gasteiger partial charge in [-0.05, 0) is 35.6 Å². The van der Waals surface area contributed by atoms with Gasteiger partial charge in [0.05, 0.1) is 7.11 Å². The van der Waals surface area contributed by atoms with Crippen LogP contribution in [0.5, 0.6) is 5.75 Å². The number of piperazine rings is 1. The summed E-state index contributed by atoms with van der Waals surface area (Å²) in [6.45, 7) is 13.6. The monoisotopic (exact) mass is 276 g/mol. The van der Waals surface area contributed by atoms with Gasteiger partial charge in [-0.2, -0.15) is 0 Å². The van der Waals surface area contributed by atoms with Crippen LogP contribution in [0.25, 0.3) is 0 Å². The molecule has 1 aromatic carbocycles. The number of aryl methyl sites for hydroxylation is 1. The van der Waals surface area contributed by atoms with Crippen molar-refractivity contribution in [2.24, 2.45) is 5.41 Å². The summed E-state index contributed by atoms with van der Waals surface area (Å²) in [5, 5.41) is 3.44. The van der Waals surface area contributed by atoms with E-state index in [1.54, 1.807) is 7.11 Å². The lowest BCUT2D eigenvalue weighted by Gasteiger charge is -2.43. The number of nitrogens with zero attached hydrogens (tertiary/aromatic N) is 1. The number of ether oxygens (including phenoxy) is 1. The SMILES string of the molecule is COc1ccc([C@@H](N2CCNCC2)C(C)(C)C)c(C)c1. The Hall–Kier alpha value is -1.06. The summed E-state index contributed by atoms with van der Waals surface area (Å²) in [5.41, 5.74) is 2.97. The number of hydrogen-bond acceptors (Lipinski definition) is 3. The van der Waals surface area contributed by atoms with Gasteiger partial charge in [0.2, 0.25) is 0 Å². The molecular formula is C17H28N2O. The molecule has 0 amide bonds. The predicted molar refractivity (Wildman–Crippen MR) is 84.4 cm³/mol. The van der Waals surface area contributed by atoms with Gasteiger partial charge in [-0.25, -0.2) is 0 Å². The first-order valence-electron chi connectivity index (χ1n) is 7.53. The minimum atomic E-state index is 0.219. The van der Waals surface area contributed by atoms with Gasteiger partial charge in [0.25, 0.3) is 0 Å². The molecule has 1 N–H and O–H groups in total. The van der Waals surface area contributed by atoms with Gasteiger partial charge in [0.15, 0.2) is 0 Å². The van der Waals surface area contributed by atoms with Crippen molar-refractivity contribution in [2.45, 2.75) is 33.7 Å². The third-order valence-electron chi connectivity index (χ3n) is 4.11. The molecule has 0 spiro atoms. The van der Waals surface area contributed by atoms with Crippen molar-refractivity contribution in [3.63, 3.8) is 0 Å². The second kappa shape index (κ2) is 6.15. The standard InChI is InChI=1S/C17H28N2O/c1-13-12-14(20-5)6-7-15(13)16(17(2,3)4)19-10-8-18-9-11-19/h6-7,12,16,18H,8-11H2,1-5H3/t16-/m1/s1. The fourth-order valence-corrected chi connectivity index (χ4v) is 3.23. The molecule has 0 radical (unpaired) electrons. The molecule has 0 unspecified atom stereocenters. The largest absolute Gasteiger partial charge is 0.497 e. The van der Waals surface area contributed by atoms with E-state index in [0.717, 1.165) is 31.9 Å². The van der Waals surface area contributed by atoms with Gasteiger partial charge in [0.1, 0.15) is 5.75 Å². The molecule has 3 nitrogen and oxygen atoms in total. The maximum Gasteiger partial charge on any atom is 0.119 e. The average molecular weight is 276 g/mol. The fourth-order valence-electron chi connectivity index (χ4n) is 3.23. The van der Waals surface area contributed by atoms with E-state index in [-0.39, 0.29) is 5.41 Å². The van der Waals surface area contributed by atoms with Gasteiger partial charge in [-0.15, -0.1) is 0 Å². The Balaban J connectivity index is 2.35. The molecule has 20 heavy (non-hydrogen) atoms. The third-order valence-corrected chi connectivity index (χ3v) is 4.11. The van der Waals surface area contributed by atoms with Crippen LogP contribution in [0.1, 0.15) is 37.9 Å². The Kier molecular flexibility index (Phi) is 4.71. The Bertz CT molecular complexity index is 445. The van der Waals surface area contributed by atoms with E-state index in [9.17, 15) is 0 Å². The number of benzene rings is 1. The molecule has 1 aliphatic rings. The molecule has 3 heteroatoms. The van der Waals surface area contributed by atoms with Gasteiger partial charge < -0.3 is 10.1 Å².